The lowest BCUT2D eigenvalue weighted by molar-refractivity contribution is 0.534. The lowest BCUT2D eigenvalue weighted by Gasteiger charge is -2.07. The molecule has 0 atom stereocenters. The zero-order valence-electron chi connectivity index (χ0n) is 11.3. The van der Waals surface area contributed by atoms with Gasteiger partial charge in [0.1, 0.15) is 0 Å². The predicted molar refractivity (Wildman–Crippen MR) is 77.7 cm³/mol. The van der Waals surface area contributed by atoms with Gasteiger partial charge in [-0.3, -0.25) is 0 Å². The molecule has 3 nitrogen and oxygen atoms in total. The molecule has 1 aromatic heterocycles. The van der Waals surface area contributed by atoms with E-state index in [0.717, 1.165) is 32.1 Å². The number of nitrogens with one attached hydrogen (secondary N) is 3. The van der Waals surface area contributed by atoms with Gasteiger partial charge >= 0.3 is 0 Å². The minimum absolute atomic E-state index is 0.721. The first-order valence-electron chi connectivity index (χ1n) is 6.74. The van der Waals surface area contributed by atoms with Gasteiger partial charge in [-0.25, -0.2) is 0 Å². The van der Waals surface area contributed by atoms with E-state index in [1.807, 2.05) is 0 Å². The average Bonchev–Trinajstić information content (AvgIpc) is 2.75. The van der Waals surface area contributed by atoms with E-state index < -0.39 is 0 Å². The van der Waals surface area contributed by atoms with E-state index in [1.54, 1.807) is 0 Å². The first kappa shape index (κ1) is 13.1. The number of aromatic nitrogens is 1. The van der Waals surface area contributed by atoms with E-state index in [9.17, 15) is 0 Å². The van der Waals surface area contributed by atoms with Crippen LogP contribution in [0.3, 0.4) is 0 Å². The molecule has 2 aromatic rings. The summed E-state index contributed by atoms with van der Waals surface area (Å²) in [6, 6.07) is 10.6. The topological polar surface area (TPSA) is 39.8 Å². The lowest BCUT2D eigenvalue weighted by atomic mass is 10.2. The Kier molecular flexibility index (Phi) is 4.79. The Morgan fingerprint density at radius 3 is 2.67 bits per heavy atom. The number of H-pyrrole nitrogens is 1. The molecule has 0 radical (unpaired) electrons. The van der Waals surface area contributed by atoms with E-state index in [1.165, 1.54) is 16.6 Å². The van der Waals surface area contributed by atoms with Crippen molar-refractivity contribution in [2.24, 2.45) is 5.92 Å². The van der Waals surface area contributed by atoms with Crippen molar-refractivity contribution in [3.8, 4) is 0 Å². The molecule has 0 spiro atoms. The maximum Gasteiger partial charge on any atom is 0.0456 e. The number of rotatable bonds is 7. The van der Waals surface area contributed by atoms with E-state index >= 15 is 0 Å². The van der Waals surface area contributed by atoms with Crippen LogP contribution in [0.2, 0.25) is 0 Å². The zero-order chi connectivity index (χ0) is 12.8. The van der Waals surface area contributed by atoms with Crippen LogP contribution in [0.15, 0.2) is 30.3 Å². The normalized spacial score (nSPS) is 11.5. The summed E-state index contributed by atoms with van der Waals surface area (Å²) in [7, 11) is 0. The molecule has 0 saturated heterocycles. The molecule has 0 aliphatic heterocycles. The SMILES string of the molecule is CC(C)CNCCNCc1cc2ccccc2[nH]1. The second-order valence-electron chi connectivity index (χ2n) is 5.16. The molecular formula is C15H23N3. The van der Waals surface area contributed by atoms with Gasteiger partial charge in [0.2, 0.25) is 0 Å². The first-order valence-corrected chi connectivity index (χ1v) is 6.74. The molecule has 0 aliphatic carbocycles. The van der Waals surface area contributed by atoms with Crippen LogP contribution in [0.25, 0.3) is 10.9 Å². The number of fused-ring (bicyclic) bond motifs is 1. The molecule has 1 aromatic carbocycles. The summed E-state index contributed by atoms with van der Waals surface area (Å²) >= 11 is 0. The van der Waals surface area contributed by atoms with Gasteiger partial charge in [-0.1, -0.05) is 32.0 Å². The number of benzene rings is 1. The molecule has 98 valence electrons. The molecular weight excluding hydrogens is 222 g/mol. The molecule has 1 heterocycles. The van der Waals surface area contributed by atoms with Crippen LogP contribution >= 0.6 is 0 Å². The van der Waals surface area contributed by atoms with Gasteiger partial charge < -0.3 is 15.6 Å². The third-order valence-corrected chi connectivity index (χ3v) is 2.93. The molecule has 0 bridgehead atoms. The molecule has 18 heavy (non-hydrogen) atoms. The summed E-state index contributed by atoms with van der Waals surface area (Å²) in [6.45, 7) is 8.47. The van der Waals surface area contributed by atoms with Crippen molar-refractivity contribution >= 4 is 10.9 Å². The summed E-state index contributed by atoms with van der Waals surface area (Å²) in [5, 5.41) is 8.15. The van der Waals surface area contributed by atoms with Crippen LogP contribution in [-0.4, -0.2) is 24.6 Å². The Balaban J connectivity index is 1.70. The number of para-hydroxylation sites is 1. The van der Waals surface area contributed by atoms with Crippen molar-refractivity contribution in [1.82, 2.24) is 15.6 Å². The van der Waals surface area contributed by atoms with Crippen molar-refractivity contribution < 1.29 is 0 Å². The van der Waals surface area contributed by atoms with Gasteiger partial charge in [-0.05, 0) is 30.0 Å². The third-order valence-electron chi connectivity index (χ3n) is 2.93. The van der Waals surface area contributed by atoms with Crippen molar-refractivity contribution in [3.05, 3.63) is 36.0 Å². The molecule has 0 fully saturated rings. The highest BCUT2D eigenvalue weighted by atomic mass is 14.9. The monoisotopic (exact) mass is 245 g/mol. The fourth-order valence-corrected chi connectivity index (χ4v) is 2.02. The second kappa shape index (κ2) is 6.57. The van der Waals surface area contributed by atoms with Crippen LogP contribution < -0.4 is 10.6 Å². The average molecular weight is 245 g/mol. The first-order chi connectivity index (χ1) is 8.75. The van der Waals surface area contributed by atoms with Crippen LogP contribution in [0.4, 0.5) is 0 Å². The van der Waals surface area contributed by atoms with Gasteiger partial charge in [0.25, 0.3) is 0 Å². The smallest absolute Gasteiger partial charge is 0.0456 e. The fraction of sp³-hybridized carbons (Fsp3) is 0.467. The summed E-state index contributed by atoms with van der Waals surface area (Å²) in [4.78, 5) is 3.42. The molecule has 0 saturated carbocycles. The summed E-state index contributed by atoms with van der Waals surface area (Å²) in [5.74, 6) is 0.721. The minimum atomic E-state index is 0.721. The largest absolute Gasteiger partial charge is 0.357 e. The maximum absolute atomic E-state index is 3.44. The van der Waals surface area contributed by atoms with Crippen LogP contribution in [0, 0.1) is 5.92 Å². The predicted octanol–water partition coefficient (Wildman–Crippen LogP) is 2.50. The molecule has 3 N–H and O–H groups in total. The number of hydrogen-bond donors (Lipinski definition) is 3. The molecule has 0 amide bonds. The quantitative estimate of drug-likeness (QED) is 0.656. The van der Waals surface area contributed by atoms with Gasteiger partial charge in [-0.2, -0.15) is 0 Å². The molecule has 0 aliphatic rings. The maximum atomic E-state index is 3.44. The highest BCUT2D eigenvalue weighted by molar-refractivity contribution is 5.80. The Morgan fingerprint density at radius 1 is 1.11 bits per heavy atom. The van der Waals surface area contributed by atoms with E-state index in [0.29, 0.717) is 0 Å². The van der Waals surface area contributed by atoms with E-state index in [-0.39, 0.29) is 0 Å². The van der Waals surface area contributed by atoms with Crippen LogP contribution in [0.1, 0.15) is 19.5 Å². The summed E-state index contributed by atoms with van der Waals surface area (Å²) < 4.78 is 0. The highest BCUT2D eigenvalue weighted by Crippen LogP contribution is 2.14. The highest BCUT2D eigenvalue weighted by Gasteiger charge is 1.99. The lowest BCUT2D eigenvalue weighted by Crippen LogP contribution is -2.29. The third kappa shape index (κ3) is 3.86. The summed E-state index contributed by atoms with van der Waals surface area (Å²) in [5.41, 5.74) is 2.47. The van der Waals surface area contributed by atoms with Crippen LogP contribution in [-0.2, 0) is 6.54 Å². The van der Waals surface area contributed by atoms with E-state index in [4.69, 9.17) is 0 Å². The summed E-state index contributed by atoms with van der Waals surface area (Å²) in [6.07, 6.45) is 0. The second-order valence-corrected chi connectivity index (χ2v) is 5.16. The Hall–Kier alpha value is -1.32. The molecule has 3 heteroatoms. The van der Waals surface area contributed by atoms with Gasteiger partial charge in [-0.15, -0.1) is 0 Å². The van der Waals surface area contributed by atoms with Gasteiger partial charge in [0.05, 0.1) is 0 Å². The number of aromatic amines is 1. The van der Waals surface area contributed by atoms with Crippen molar-refractivity contribution in [1.29, 1.82) is 0 Å². The van der Waals surface area contributed by atoms with E-state index in [2.05, 4.69) is 59.8 Å². The standard InChI is InChI=1S/C15H23N3/c1-12(2)10-16-7-8-17-11-14-9-13-5-3-4-6-15(13)18-14/h3-6,9,12,16-18H,7-8,10-11H2,1-2H3. The Bertz CT molecular complexity index is 440. The minimum Gasteiger partial charge on any atom is -0.357 e. The molecule has 2 rings (SSSR count). The van der Waals surface area contributed by atoms with Gasteiger partial charge in [0, 0.05) is 30.8 Å². The Morgan fingerprint density at radius 2 is 1.89 bits per heavy atom. The van der Waals surface area contributed by atoms with Gasteiger partial charge in [0.15, 0.2) is 0 Å². The molecule has 0 unspecified atom stereocenters. The van der Waals surface area contributed by atoms with Crippen LogP contribution in [0.5, 0.6) is 0 Å². The zero-order valence-corrected chi connectivity index (χ0v) is 11.3. The van der Waals surface area contributed by atoms with Crippen molar-refractivity contribution in [2.75, 3.05) is 19.6 Å². The van der Waals surface area contributed by atoms with Crippen molar-refractivity contribution in [3.63, 3.8) is 0 Å². The Labute approximate surface area is 109 Å². The fourth-order valence-electron chi connectivity index (χ4n) is 2.02. The van der Waals surface area contributed by atoms with Crippen molar-refractivity contribution in [2.45, 2.75) is 20.4 Å². The number of hydrogen-bond acceptors (Lipinski definition) is 2.